The van der Waals surface area contributed by atoms with Gasteiger partial charge in [-0.1, -0.05) is 6.42 Å². The Hall–Kier alpha value is -0.900. The lowest BCUT2D eigenvalue weighted by Gasteiger charge is -2.10. The highest BCUT2D eigenvalue weighted by molar-refractivity contribution is 6.04. The monoisotopic (exact) mass is 169 g/mol. The van der Waals surface area contributed by atoms with Crippen molar-refractivity contribution < 1.29 is 14.4 Å². The molecule has 0 spiro atoms. The molecule has 1 aliphatic heterocycles. The molecule has 4 heteroatoms. The Bertz CT molecular complexity index is 216. The van der Waals surface area contributed by atoms with Crippen molar-refractivity contribution in [3.05, 3.63) is 0 Å². The zero-order chi connectivity index (χ0) is 8.72. The van der Waals surface area contributed by atoms with E-state index in [0.717, 1.165) is 24.3 Å². The van der Waals surface area contributed by atoms with Gasteiger partial charge in [0.2, 0.25) is 0 Å². The second-order valence-electron chi connectivity index (χ2n) is 3.30. The summed E-state index contributed by atoms with van der Waals surface area (Å²) in [5, 5.41) is 0.911. The van der Waals surface area contributed by atoms with Gasteiger partial charge in [0.1, 0.15) is 0 Å². The molecule has 2 aliphatic rings. The Morgan fingerprint density at radius 1 is 1.25 bits per heavy atom. The number of carbonyl (C=O) groups excluding carboxylic acids is 2. The van der Waals surface area contributed by atoms with E-state index < -0.39 is 0 Å². The van der Waals surface area contributed by atoms with Crippen LogP contribution in [0.3, 0.4) is 0 Å². The minimum absolute atomic E-state index is 0.0857. The fourth-order valence-corrected chi connectivity index (χ4v) is 2.14. The molecular weight excluding hydrogens is 158 g/mol. The normalized spacial score (nSPS) is 34.6. The summed E-state index contributed by atoms with van der Waals surface area (Å²) in [6.07, 6.45) is 2.68. The molecule has 4 nitrogen and oxygen atoms in total. The Kier molecular flexibility index (Phi) is 1.65. The van der Waals surface area contributed by atoms with Gasteiger partial charge in [0.25, 0.3) is 11.8 Å². The smallest absolute Gasteiger partial charge is 0.257 e. The molecule has 66 valence electrons. The van der Waals surface area contributed by atoms with Crippen molar-refractivity contribution in [2.45, 2.75) is 19.3 Å². The average Bonchev–Trinajstić information content (AvgIpc) is 2.58. The van der Waals surface area contributed by atoms with Crippen LogP contribution in [0.1, 0.15) is 19.3 Å². The number of carbonyl (C=O) groups is 2. The number of hydrogen-bond donors (Lipinski definition) is 0. The summed E-state index contributed by atoms with van der Waals surface area (Å²) >= 11 is 0. The van der Waals surface area contributed by atoms with Gasteiger partial charge in [-0.2, -0.15) is 5.06 Å². The van der Waals surface area contributed by atoms with Crippen LogP contribution >= 0.6 is 0 Å². The molecule has 0 aromatic rings. The summed E-state index contributed by atoms with van der Waals surface area (Å²) < 4.78 is 0. The Balaban J connectivity index is 2.25. The van der Waals surface area contributed by atoms with E-state index in [0.29, 0.717) is 0 Å². The largest absolute Gasteiger partial charge is 0.272 e. The fraction of sp³-hybridized carbons (Fsp3) is 0.750. The zero-order valence-corrected chi connectivity index (χ0v) is 6.95. The summed E-state index contributed by atoms with van der Waals surface area (Å²) in [7, 11) is 1.36. The molecule has 0 aromatic heterocycles. The number of hydroxylamine groups is 2. The van der Waals surface area contributed by atoms with Crippen LogP contribution in [0.2, 0.25) is 0 Å². The van der Waals surface area contributed by atoms with Crippen molar-refractivity contribution in [1.82, 2.24) is 5.06 Å². The molecule has 12 heavy (non-hydrogen) atoms. The van der Waals surface area contributed by atoms with Crippen LogP contribution in [0.25, 0.3) is 0 Å². The highest BCUT2D eigenvalue weighted by Crippen LogP contribution is 2.39. The molecule has 0 bridgehead atoms. The van der Waals surface area contributed by atoms with Gasteiger partial charge in [-0.25, -0.2) is 0 Å². The maximum Gasteiger partial charge on any atom is 0.257 e. The van der Waals surface area contributed by atoms with Crippen LogP contribution in [0, 0.1) is 11.8 Å². The van der Waals surface area contributed by atoms with Gasteiger partial charge < -0.3 is 0 Å². The fourth-order valence-electron chi connectivity index (χ4n) is 2.14. The third-order valence-corrected chi connectivity index (χ3v) is 2.73. The zero-order valence-electron chi connectivity index (χ0n) is 6.95. The highest BCUT2D eigenvalue weighted by Gasteiger charge is 2.50. The van der Waals surface area contributed by atoms with Gasteiger partial charge in [-0.15, -0.1) is 0 Å². The van der Waals surface area contributed by atoms with Crippen molar-refractivity contribution in [1.29, 1.82) is 0 Å². The maximum absolute atomic E-state index is 11.4. The van der Waals surface area contributed by atoms with Gasteiger partial charge in [0.05, 0.1) is 18.9 Å². The quantitative estimate of drug-likeness (QED) is 0.531. The number of imide groups is 1. The molecule has 0 aromatic carbocycles. The Morgan fingerprint density at radius 2 is 1.75 bits per heavy atom. The molecule has 1 saturated heterocycles. The topological polar surface area (TPSA) is 46.6 Å². The first-order valence-electron chi connectivity index (χ1n) is 4.17. The minimum Gasteiger partial charge on any atom is -0.272 e. The molecule has 1 aliphatic carbocycles. The predicted octanol–water partition coefficient (Wildman–Crippen LogP) is 0.333. The van der Waals surface area contributed by atoms with Crippen molar-refractivity contribution >= 4 is 11.8 Å². The van der Waals surface area contributed by atoms with Crippen LogP contribution in [0.15, 0.2) is 0 Å². The molecular formula is C8H11NO3. The van der Waals surface area contributed by atoms with E-state index in [1.807, 2.05) is 0 Å². The Morgan fingerprint density at radius 3 is 2.17 bits per heavy atom. The number of hydrogen-bond acceptors (Lipinski definition) is 3. The lowest BCUT2D eigenvalue weighted by Crippen LogP contribution is -2.30. The van der Waals surface area contributed by atoms with E-state index in [9.17, 15) is 9.59 Å². The van der Waals surface area contributed by atoms with Crippen LogP contribution in [0.5, 0.6) is 0 Å². The minimum atomic E-state index is -0.148. The molecule has 2 amide bonds. The van der Waals surface area contributed by atoms with Crippen molar-refractivity contribution in [3.63, 3.8) is 0 Å². The summed E-state index contributed by atoms with van der Waals surface area (Å²) in [6, 6.07) is 0. The van der Waals surface area contributed by atoms with E-state index in [4.69, 9.17) is 4.84 Å². The second-order valence-corrected chi connectivity index (χ2v) is 3.30. The van der Waals surface area contributed by atoms with E-state index >= 15 is 0 Å². The van der Waals surface area contributed by atoms with Crippen molar-refractivity contribution in [2.24, 2.45) is 11.8 Å². The van der Waals surface area contributed by atoms with E-state index in [2.05, 4.69) is 0 Å². The van der Waals surface area contributed by atoms with Gasteiger partial charge in [0, 0.05) is 0 Å². The number of rotatable bonds is 1. The van der Waals surface area contributed by atoms with E-state index in [-0.39, 0.29) is 23.7 Å². The van der Waals surface area contributed by atoms with Gasteiger partial charge in [0.15, 0.2) is 0 Å². The van der Waals surface area contributed by atoms with Crippen molar-refractivity contribution in [3.8, 4) is 0 Å². The van der Waals surface area contributed by atoms with Gasteiger partial charge in [-0.05, 0) is 12.8 Å². The van der Waals surface area contributed by atoms with Gasteiger partial charge >= 0.3 is 0 Å². The molecule has 2 rings (SSSR count). The third-order valence-electron chi connectivity index (χ3n) is 2.73. The standard InChI is InChI=1S/C8H11NO3/c1-12-9-7(10)5-3-2-4-6(5)8(9)11/h5-6H,2-4H2,1H3. The van der Waals surface area contributed by atoms with Gasteiger partial charge in [-0.3, -0.25) is 14.4 Å². The summed E-state index contributed by atoms with van der Waals surface area (Å²) in [5.41, 5.74) is 0. The average molecular weight is 169 g/mol. The molecule has 2 fully saturated rings. The lowest BCUT2D eigenvalue weighted by atomic mass is 10.00. The SMILES string of the molecule is CON1C(=O)C2CCCC2C1=O. The lowest BCUT2D eigenvalue weighted by molar-refractivity contribution is -0.181. The van der Waals surface area contributed by atoms with Crippen LogP contribution in [-0.4, -0.2) is 24.0 Å². The molecule has 0 N–H and O–H groups in total. The van der Waals surface area contributed by atoms with Crippen LogP contribution in [0.4, 0.5) is 0 Å². The predicted molar refractivity (Wildman–Crippen MR) is 39.7 cm³/mol. The first-order chi connectivity index (χ1) is 5.75. The van der Waals surface area contributed by atoms with Crippen LogP contribution < -0.4 is 0 Å². The first-order valence-corrected chi connectivity index (χ1v) is 4.17. The second kappa shape index (κ2) is 2.55. The summed E-state index contributed by atoms with van der Waals surface area (Å²) in [6.45, 7) is 0. The molecule has 1 heterocycles. The first kappa shape index (κ1) is 7.73. The van der Waals surface area contributed by atoms with Crippen LogP contribution in [-0.2, 0) is 14.4 Å². The molecule has 2 atom stereocenters. The van der Waals surface area contributed by atoms with E-state index in [1.165, 1.54) is 7.11 Å². The summed E-state index contributed by atoms with van der Waals surface area (Å²) in [4.78, 5) is 27.5. The number of nitrogens with zero attached hydrogens (tertiary/aromatic N) is 1. The molecule has 2 unspecified atom stereocenters. The molecule has 1 saturated carbocycles. The Labute approximate surface area is 70.4 Å². The number of amides is 2. The maximum atomic E-state index is 11.4. The highest BCUT2D eigenvalue weighted by atomic mass is 16.7. The van der Waals surface area contributed by atoms with E-state index in [1.54, 1.807) is 0 Å². The van der Waals surface area contributed by atoms with Crippen molar-refractivity contribution in [2.75, 3.05) is 7.11 Å². The molecule has 0 radical (unpaired) electrons. The summed E-state index contributed by atoms with van der Waals surface area (Å²) in [5.74, 6) is -0.468. The third kappa shape index (κ3) is 0.813. The number of fused-ring (bicyclic) bond motifs is 1.